The molecule has 0 aliphatic heterocycles. The van der Waals surface area contributed by atoms with Crippen molar-refractivity contribution in [1.82, 2.24) is 10.3 Å². The van der Waals surface area contributed by atoms with Crippen LogP contribution in [0.3, 0.4) is 0 Å². The number of amides is 1. The number of pyridine rings is 1. The van der Waals surface area contributed by atoms with E-state index in [-0.39, 0.29) is 16.8 Å². The van der Waals surface area contributed by atoms with Crippen LogP contribution >= 0.6 is 0 Å². The van der Waals surface area contributed by atoms with Crippen molar-refractivity contribution >= 4 is 17.6 Å². The number of aryl methyl sites for hydroxylation is 1. The van der Waals surface area contributed by atoms with Crippen LogP contribution in [0, 0.1) is 17.0 Å². The lowest BCUT2D eigenvalue weighted by molar-refractivity contribution is -0.385. The van der Waals surface area contributed by atoms with Gasteiger partial charge in [0.05, 0.1) is 4.92 Å². The Kier molecular flexibility index (Phi) is 6.25. The van der Waals surface area contributed by atoms with Crippen LogP contribution in [0.2, 0.25) is 0 Å². The molecule has 1 atom stereocenters. The molecule has 1 unspecified atom stereocenters. The lowest BCUT2D eigenvalue weighted by Crippen LogP contribution is -2.36. The first-order valence-electron chi connectivity index (χ1n) is 9.30. The van der Waals surface area contributed by atoms with Gasteiger partial charge in [-0.05, 0) is 35.7 Å². The molecule has 3 N–H and O–H groups in total. The Bertz CT molecular complexity index is 1200. The van der Waals surface area contributed by atoms with E-state index in [2.05, 4.69) is 10.3 Å². The lowest BCUT2D eigenvalue weighted by Gasteiger charge is -2.15. The average Bonchev–Trinajstić information content (AvgIpc) is 2.72. The third-order valence-electron chi connectivity index (χ3n) is 4.60. The Labute approximate surface area is 176 Å². The second-order valence-corrected chi connectivity index (χ2v) is 6.99. The molecule has 3 aromatic rings. The highest BCUT2D eigenvalue weighted by molar-refractivity contribution is 5.96. The Hall–Kier alpha value is -4.27. The maximum absolute atomic E-state index is 12.6. The summed E-state index contributed by atoms with van der Waals surface area (Å²) in [5.41, 5.74) is 0.853. The smallest absolute Gasteiger partial charge is 0.330 e. The normalized spacial score (nSPS) is 11.5. The summed E-state index contributed by atoms with van der Waals surface area (Å²) >= 11 is 0. The first kappa shape index (κ1) is 21.4. The van der Waals surface area contributed by atoms with Crippen LogP contribution in [0.15, 0.2) is 65.5 Å². The van der Waals surface area contributed by atoms with Crippen molar-refractivity contribution in [3.63, 3.8) is 0 Å². The number of non-ortho nitro benzene ring substituents is 1. The minimum Gasteiger partial charge on any atom is -0.479 e. The van der Waals surface area contributed by atoms with E-state index in [1.165, 1.54) is 18.2 Å². The second-order valence-electron chi connectivity index (χ2n) is 6.99. The molecule has 3 rings (SSSR count). The molecule has 0 saturated heterocycles. The van der Waals surface area contributed by atoms with E-state index in [4.69, 9.17) is 0 Å². The van der Waals surface area contributed by atoms with Gasteiger partial charge in [0.1, 0.15) is 5.56 Å². The monoisotopic (exact) mass is 421 g/mol. The fourth-order valence-electron chi connectivity index (χ4n) is 3.17. The number of carboxylic acids is 1. The van der Waals surface area contributed by atoms with Gasteiger partial charge in [0.15, 0.2) is 6.04 Å². The number of nitro groups is 1. The predicted octanol–water partition coefficient (Wildman–Crippen LogP) is 2.74. The maximum Gasteiger partial charge on any atom is 0.330 e. The van der Waals surface area contributed by atoms with Gasteiger partial charge in [-0.15, -0.1) is 0 Å². The number of hydrogen-bond acceptors (Lipinski definition) is 5. The van der Waals surface area contributed by atoms with Gasteiger partial charge in [-0.3, -0.25) is 19.7 Å². The molecule has 1 aromatic heterocycles. The molecule has 0 aliphatic carbocycles. The molecular formula is C22H19N3O6. The fourth-order valence-corrected chi connectivity index (χ4v) is 3.17. The third kappa shape index (κ3) is 5.21. The standard InChI is InChI=1S/C22H19N3O6/c1-13-9-15(12-17(10-13)25(30)31)19(22(28)29)24-21(27)18-8-7-16(23-20(18)26)11-14-5-3-2-4-6-14/h2-10,12,19H,11H2,1H3,(H,23,26)(H,24,27)(H,28,29). The Morgan fingerprint density at radius 1 is 1.13 bits per heavy atom. The summed E-state index contributed by atoms with van der Waals surface area (Å²) in [5.74, 6) is -2.31. The van der Waals surface area contributed by atoms with Gasteiger partial charge >= 0.3 is 5.97 Å². The number of nitro benzene ring substituents is 1. The highest BCUT2D eigenvalue weighted by Gasteiger charge is 2.26. The number of aromatic amines is 1. The van der Waals surface area contributed by atoms with E-state index in [0.29, 0.717) is 17.7 Å². The largest absolute Gasteiger partial charge is 0.479 e. The molecule has 1 amide bonds. The number of nitrogens with zero attached hydrogens (tertiary/aromatic N) is 1. The zero-order chi connectivity index (χ0) is 22.5. The van der Waals surface area contributed by atoms with Gasteiger partial charge in [-0.1, -0.05) is 36.4 Å². The van der Waals surface area contributed by atoms with Crippen LogP contribution < -0.4 is 10.9 Å². The van der Waals surface area contributed by atoms with Crippen molar-refractivity contribution in [1.29, 1.82) is 0 Å². The highest BCUT2D eigenvalue weighted by Crippen LogP contribution is 2.22. The Morgan fingerprint density at radius 3 is 2.45 bits per heavy atom. The molecule has 0 aliphatic rings. The van der Waals surface area contributed by atoms with Gasteiger partial charge in [0.25, 0.3) is 17.2 Å². The number of carboxylic acid groups (broad SMARTS) is 1. The summed E-state index contributed by atoms with van der Waals surface area (Å²) in [7, 11) is 0. The van der Waals surface area contributed by atoms with Crippen molar-refractivity contribution in [2.24, 2.45) is 0 Å². The zero-order valence-electron chi connectivity index (χ0n) is 16.5. The van der Waals surface area contributed by atoms with E-state index < -0.39 is 28.4 Å². The lowest BCUT2D eigenvalue weighted by atomic mass is 10.0. The van der Waals surface area contributed by atoms with E-state index in [0.717, 1.165) is 11.6 Å². The number of benzene rings is 2. The molecular weight excluding hydrogens is 402 g/mol. The summed E-state index contributed by atoms with van der Waals surface area (Å²) < 4.78 is 0. The molecule has 0 spiro atoms. The molecule has 31 heavy (non-hydrogen) atoms. The topological polar surface area (TPSA) is 142 Å². The quantitative estimate of drug-likeness (QED) is 0.395. The SMILES string of the molecule is Cc1cc(C(NC(=O)c2ccc(Cc3ccccc3)[nH]c2=O)C(=O)O)cc([N+](=O)[O-])c1. The van der Waals surface area contributed by atoms with Gasteiger partial charge in [0, 0.05) is 24.2 Å². The van der Waals surface area contributed by atoms with Gasteiger partial charge in [-0.25, -0.2) is 4.79 Å². The first-order chi connectivity index (χ1) is 14.7. The van der Waals surface area contributed by atoms with E-state index in [1.54, 1.807) is 13.0 Å². The molecule has 9 nitrogen and oxygen atoms in total. The van der Waals surface area contributed by atoms with Crippen molar-refractivity contribution in [3.8, 4) is 0 Å². The summed E-state index contributed by atoms with van der Waals surface area (Å²) in [4.78, 5) is 49.8. The second kappa shape index (κ2) is 9.04. The number of rotatable bonds is 7. The van der Waals surface area contributed by atoms with Crippen LogP contribution in [-0.4, -0.2) is 26.9 Å². The molecule has 0 saturated carbocycles. The van der Waals surface area contributed by atoms with Crippen molar-refractivity contribution in [2.45, 2.75) is 19.4 Å². The summed E-state index contributed by atoms with van der Waals surface area (Å²) in [6.07, 6.45) is 0.461. The average molecular weight is 421 g/mol. The number of aromatic nitrogens is 1. The van der Waals surface area contributed by atoms with Crippen molar-refractivity contribution in [3.05, 3.63) is 109 Å². The van der Waals surface area contributed by atoms with Gasteiger partial charge in [0.2, 0.25) is 0 Å². The number of hydrogen-bond donors (Lipinski definition) is 3. The minimum absolute atomic E-state index is 0.0321. The molecule has 0 bridgehead atoms. The predicted molar refractivity (Wildman–Crippen MR) is 112 cm³/mol. The van der Waals surface area contributed by atoms with Gasteiger partial charge < -0.3 is 15.4 Å². The van der Waals surface area contributed by atoms with Crippen molar-refractivity contribution in [2.75, 3.05) is 0 Å². The van der Waals surface area contributed by atoms with Crippen LogP contribution in [0.4, 0.5) is 5.69 Å². The highest BCUT2D eigenvalue weighted by atomic mass is 16.6. The van der Waals surface area contributed by atoms with E-state index in [1.807, 2.05) is 30.3 Å². The fraction of sp³-hybridized carbons (Fsp3) is 0.136. The minimum atomic E-state index is -1.56. The molecule has 2 aromatic carbocycles. The number of H-pyrrole nitrogens is 1. The summed E-state index contributed by atoms with van der Waals surface area (Å²) in [5, 5.41) is 22.9. The summed E-state index contributed by atoms with van der Waals surface area (Å²) in [6, 6.07) is 14.6. The van der Waals surface area contributed by atoms with Crippen molar-refractivity contribution < 1.29 is 19.6 Å². The third-order valence-corrected chi connectivity index (χ3v) is 4.60. The molecule has 1 heterocycles. The number of carbonyl (C=O) groups is 2. The van der Waals surface area contributed by atoms with Crippen LogP contribution in [0.5, 0.6) is 0 Å². The van der Waals surface area contributed by atoms with Gasteiger partial charge in [-0.2, -0.15) is 0 Å². The summed E-state index contributed by atoms with van der Waals surface area (Å²) in [6.45, 7) is 1.58. The van der Waals surface area contributed by atoms with Crippen LogP contribution in [0.25, 0.3) is 0 Å². The number of aliphatic carboxylic acids is 1. The molecule has 158 valence electrons. The van der Waals surface area contributed by atoms with Crippen LogP contribution in [-0.2, 0) is 11.2 Å². The molecule has 9 heteroatoms. The van der Waals surface area contributed by atoms with Crippen LogP contribution in [0.1, 0.15) is 38.8 Å². The number of carbonyl (C=O) groups excluding carboxylic acids is 1. The maximum atomic E-state index is 12.6. The first-order valence-corrected chi connectivity index (χ1v) is 9.30. The molecule has 0 radical (unpaired) electrons. The van der Waals surface area contributed by atoms with E-state index in [9.17, 15) is 29.6 Å². The Balaban J connectivity index is 1.84. The number of nitrogens with one attached hydrogen (secondary N) is 2. The van der Waals surface area contributed by atoms with E-state index >= 15 is 0 Å². The molecule has 0 fully saturated rings. The Morgan fingerprint density at radius 2 is 1.84 bits per heavy atom. The zero-order valence-corrected chi connectivity index (χ0v) is 16.5.